The predicted molar refractivity (Wildman–Crippen MR) is 139 cm³/mol. The summed E-state index contributed by atoms with van der Waals surface area (Å²) >= 11 is 0. The number of carbonyl (C=O) groups excluding carboxylic acids is 2. The van der Waals surface area contributed by atoms with Crippen LogP contribution in [-0.2, 0) is 14.6 Å². The third kappa shape index (κ3) is 5.04. The Hall–Kier alpha value is -3.52. The second-order valence-corrected chi connectivity index (χ2v) is 11.6. The number of amides is 2. The van der Waals surface area contributed by atoms with Gasteiger partial charge in [-0.05, 0) is 92.6 Å². The molecule has 2 aliphatic rings. The summed E-state index contributed by atoms with van der Waals surface area (Å²) in [6.45, 7) is 1.45. The lowest BCUT2D eigenvalue weighted by Gasteiger charge is -2.37. The Balaban J connectivity index is 1.44. The lowest BCUT2D eigenvalue weighted by Crippen LogP contribution is -2.45. The maximum absolute atomic E-state index is 13.6. The highest BCUT2D eigenvalue weighted by molar-refractivity contribution is 7.91. The van der Waals surface area contributed by atoms with E-state index >= 15 is 0 Å². The second-order valence-electron chi connectivity index (χ2n) is 9.57. The molecular weight excluding hydrogens is 474 g/mol. The van der Waals surface area contributed by atoms with Crippen molar-refractivity contribution < 1.29 is 18.0 Å². The Bertz CT molecular complexity index is 1370. The molecule has 1 heterocycles. The molecule has 8 heteroatoms. The topological polar surface area (TPSA) is 87.7 Å². The average Bonchev–Trinajstić information content (AvgIpc) is 3.65. The van der Waals surface area contributed by atoms with E-state index in [0.717, 1.165) is 32.1 Å². The van der Waals surface area contributed by atoms with Crippen LogP contribution < -0.4 is 9.80 Å². The number of hydrogen-bond acceptors (Lipinski definition) is 5. The Morgan fingerprint density at radius 2 is 1.67 bits per heavy atom. The van der Waals surface area contributed by atoms with Crippen molar-refractivity contribution in [3.8, 4) is 0 Å². The molecule has 36 heavy (non-hydrogen) atoms. The Labute approximate surface area is 211 Å². The number of carbonyl (C=O) groups is 2. The van der Waals surface area contributed by atoms with Gasteiger partial charge in [-0.15, -0.1) is 0 Å². The molecule has 2 amide bonds. The van der Waals surface area contributed by atoms with Crippen molar-refractivity contribution >= 4 is 38.8 Å². The van der Waals surface area contributed by atoms with Gasteiger partial charge in [0.2, 0.25) is 5.91 Å². The summed E-state index contributed by atoms with van der Waals surface area (Å²) in [5, 5.41) is 0. The molecule has 2 saturated carbocycles. The summed E-state index contributed by atoms with van der Waals surface area (Å²) in [6.07, 6.45) is 6.53. The number of sulfone groups is 1. The smallest absolute Gasteiger partial charge is 0.259 e. The standard InChI is InChI=1S/C28H29N3O4S/c1-20(32)30(24-13-15-26(16-14-24)36(34,35)19-21-11-12-21)25-9-4-6-22(18-25)28(33)31(23-7-5-8-23)27-10-2-3-17-29-27/h2-4,6,9-10,13-18,21,23H,5,7-8,11-12,19H2,1H3. The van der Waals surface area contributed by atoms with Gasteiger partial charge in [0.25, 0.3) is 5.91 Å². The normalized spacial score (nSPS) is 15.7. The van der Waals surface area contributed by atoms with Crippen LogP contribution in [0.4, 0.5) is 17.2 Å². The molecule has 2 aromatic carbocycles. The van der Waals surface area contributed by atoms with Gasteiger partial charge in [0.15, 0.2) is 9.84 Å². The van der Waals surface area contributed by atoms with Crippen LogP contribution in [-0.4, -0.2) is 37.0 Å². The van der Waals surface area contributed by atoms with Gasteiger partial charge >= 0.3 is 0 Å². The van der Waals surface area contributed by atoms with E-state index in [0.29, 0.717) is 22.8 Å². The molecule has 0 aliphatic heterocycles. The van der Waals surface area contributed by atoms with Gasteiger partial charge in [-0.25, -0.2) is 13.4 Å². The first-order valence-electron chi connectivity index (χ1n) is 12.3. The van der Waals surface area contributed by atoms with Crippen molar-refractivity contribution in [2.75, 3.05) is 15.6 Å². The molecular formula is C28H29N3O4S. The first kappa shape index (κ1) is 24.2. The summed E-state index contributed by atoms with van der Waals surface area (Å²) in [7, 11) is -3.34. The largest absolute Gasteiger partial charge is 0.290 e. The fourth-order valence-electron chi connectivity index (χ4n) is 4.52. The fraction of sp³-hybridized carbons (Fsp3) is 0.321. The number of benzene rings is 2. The highest BCUT2D eigenvalue weighted by atomic mass is 32.2. The molecule has 3 aromatic rings. The van der Waals surface area contributed by atoms with E-state index in [2.05, 4.69) is 4.98 Å². The second kappa shape index (κ2) is 9.85. The maximum Gasteiger partial charge on any atom is 0.259 e. The highest BCUT2D eigenvalue weighted by Crippen LogP contribution is 2.34. The van der Waals surface area contributed by atoms with Crippen LogP contribution in [0.5, 0.6) is 0 Å². The monoisotopic (exact) mass is 503 g/mol. The lowest BCUT2D eigenvalue weighted by atomic mass is 9.91. The molecule has 0 saturated heterocycles. The minimum absolute atomic E-state index is 0.102. The Morgan fingerprint density at radius 3 is 2.25 bits per heavy atom. The van der Waals surface area contributed by atoms with Gasteiger partial charge in [0.05, 0.1) is 10.6 Å². The molecule has 2 fully saturated rings. The summed E-state index contributed by atoms with van der Waals surface area (Å²) in [5.41, 5.74) is 1.54. The van der Waals surface area contributed by atoms with Crippen LogP contribution in [0.2, 0.25) is 0 Å². The van der Waals surface area contributed by atoms with Gasteiger partial charge in [0.1, 0.15) is 5.82 Å². The van der Waals surface area contributed by atoms with Crippen LogP contribution in [0.25, 0.3) is 0 Å². The van der Waals surface area contributed by atoms with E-state index in [1.54, 1.807) is 59.6 Å². The molecule has 0 radical (unpaired) electrons. The van der Waals surface area contributed by atoms with Gasteiger partial charge in [0, 0.05) is 36.1 Å². The molecule has 1 aromatic heterocycles. The SMILES string of the molecule is CC(=O)N(c1ccc(S(=O)(=O)CC2CC2)cc1)c1cccc(C(=O)N(c2ccccn2)C2CCC2)c1. The van der Waals surface area contributed by atoms with E-state index < -0.39 is 9.84 Å². The van der Waals surface area contributed by atoms with E-state index in [4.69, 9.17) is 0 Å². The Kier molecular flexibility index (Phi) is 6.62. The maximum atomic E-state index is 13.6. The zero-order valence-corrected chi connectivity index (χ0v) is 21.0. The summed E-state index contributed by atoms with van der Waals surface area (Å²) < 4.78 is 25.2. The van der Waals surface area contributed by atoms with Crippen molar-refractivity contribution in [2.45, 2.75) is 50.0 Å². The van der Waals surface area contributed by atoms with Crippen molar-refractivity contribution in [2.24, 2.45) is 5.92 Å². The van der Waals surface area contributed by atoms with Crippen molar-refractivity contribution in [1.29, 1.82) is 0 Å². The van der Waals surface area contributed by atoms with E-state index in [1.807, 2.05) is 18.2 Å². The Morgan fingerprint density at radius 1 is 0.917 bits per heavy atom. The zero-order chi connectivity index (χ0) is 25.3. The number of aromatic nitrogens is 1. The summed E-state index contributed by atoms with van der Waals surface area (Å²) in [4.78, 5) is 34.2. The summed E-state index contributed by atoms with van der Waals surface area (Å²) in [6, 6.07) is 19.0. The number of hydrogen-bond donors (Lipinski definition) is 0. The quantitative estimate of drug-likeness (QED) is 0.424. The average molecular weight is 504 g/mol. The zero-order valence-electron chi connectivity index (χ0n) is 20.2. The lowest BCUT2D eigenvalue weighted by molar-refractivity contribution is -0.115. The molecule has 186 valence electrons. The van der Waals surface area contributed by atoms with Gasteiger partial charge in [-0.2, -0.15) is 0 Å². The predicted octanol–water partition coefficient (Wildman–Crippen LogP) is 5.15. The third-order valence-electron chi connectivity index (χ3n) is 6.83. The first-order valence-corrected chi connectivity index (χ1v) is 14.0. The number of nitrogens with zero attached hydrogens (tertiary/aromatic N) is 3. The van der Waals surface area contributed by atoms with Crippen LogP contribution in [0.1, 0.15) is 49.4 Å². The minimum Gasteiger partial charge on any atom is -0.290 e. The molecule has 2 aliphatic carbocycles. The molecule has 0 N–H and O–H groups in total. The van der Waals surface area contributed by atoms with Crippen LogP contribution >= 0.6 is 0 Å². The van der Waals surface area contributed by atoms with Gasteiger partial charge in [-0.1, -0.05) is 12.1 Å². The highest BCUT2D eigenvalue weighted by Gasteiger charge is 2.32. The van der Waals surface area contributed by atoms with E-state index in [-0.39, 0.29) is 34.4 Å². The molecule has 0 unspecified atom stereocenters. The van der Waals surface area contributed by atoms with Crippen LogP contribution in [0.15, 0.2) is 77.8 Å². The fourth-order valence-corrected chi connectivity index (χ4v) is 6.22. The molecule has 0 atom stereocenters. The van der Waals surface area contributed by atoms with Crippen molar-refractivity contribution in [3.05, 3.63) is 78.5 Å². The van der Waals surface area contributed by atoms with Crippen molar-refractivity contribution in [1.82, 2.24) is 4.98 Å². The van der Waals surface area contributed by atoms with E-state index in [1.165, 1.54) is 11.8 Å². The molecule has 7 nitrogen and oxygen atoms in total. The van der Waals surface area contributed by atoms with Crippen molar-refractivity contribution in [3.63, 3.8) is 0 Å². The number of rotatable bonds is 8. The van der Waals surface area contributed by atoms with Crippen LogP contribution in [0, 0.1) is 5.92 Å². The van der Waals surface area contributed by atoms with Crippen LogP contribution in [0.3, 0.4) is 0 Å². The molecule has 5 rings (SSSR count). The first-order chi connectivity index (χ1) is 17.3. The van der Waals surface area contributed by atoms with Gasteiger partial charge < -0.3 is 0 Å². The molecule has 0 bridgehead atoms. The number of pyridine rings is 1. The van der Waals surface area contributed by atoms with Gasteiger partial charge in [-0.3, -0.25) is 19.4 Å². The number of anilines is 3. The third-order valence-corrected chi connectivity index (χ3v) is 8.73. The minimum atomic E-state index is -3.34. The molecule has 0 spiro atoms. The summed E-state index contributed by atoms with van der Waals surface area (Å²) in [5.74, 6) is 0.637. The van der Waals surface area contributed by atoms with E-state index in [9.17, 15) is 18.0 Å².